The van der Waals surface area contributed by atoms with Gasteiger partial charge in [-0.15, -0.1) is 0 Å². The van der Waals surface area contributed by atoms with Crippen LogP contribution in [-0.4, -0.2) is 42.7 Å². The van der Waals surface area contributed by atoms with Gasteiger partial charge >= 0.3 is 6.09 Å². The second-order valence-electron chi connectivity index (χ2n) is 6.90. The van der Waals surface area contributed by atoms with Crippen LogP contribution in [0.3, 0.4) is 0 Å². The van der Waals surface area contributed by atoms with Crippen molar-refractivity contribution >= 4 is 17.7 Å². The number of ether oxygens (including phenoxy) is 2. The highest BCUT2D eigenvalue weighted by Gasteiger charge is 2.34. The fraction of sp³-hybridized carbons (Fsp3) is 0.500. The van der Waals surface area contributed by atoms with E-state index >= 15 is 0 Å². The summed E-state index contributed by atoms with van der Waals surface area (Å²) >= 11 is 0. The number of nitrogens with zero attached hydrogens (tertiary/aromatic N) is 2. The van der Waals surface area contributed by atoms with Crippen LogP contribution in [0.2, 0.25) is 0 Å². The van der Waals surface area contributed by atoms with E-state index in [2.05, 4.69) is 5.32 Å². The number of likely N-dealkylation sites (tertiary alicyclic amines) is 1. The van der Waals surface area contributed by atoms with E-state index in [1.54, 1.807) is 39.0 Å². The lowest BCUT2D eigenvalue weighted by Crippen LogP contribution is -2.36. The highest BCUT2D eigenvalue weighted by atomic mass is 16.6. The van der Waals surface area contributed by atoms with Gasteiger partial charge in [0, 0.05) is 13.1 Å². The van der Waals surface area contributed by atoms with Crippen LogP contribution in [0.1, 0.15) is 32.8 Å². The van der Waals surface area contributed by atoms with E-state index in [1.807, 2.05) is 6.07 Å². The summed E-state index contributed by atoms with van der Waals surface area (Å²) < 4.78 is 10.5. The predicted molar refractivity (Wildman–Crippen MR) is 92.3 cm³/mol. The first-order valence-electron chi connectivity index (χ1n) is 8.11. The van der Waals surface area contributed by atoms with E-state index in [4.69, 9.17) is 9.47 Å². The average molecular weight is 345 g/mol. The molecule has 0 saturated carbocycles. The van der Waals surface area contributed by atoms with Gasteiger partial charge in [-0.05, 0) is 39.3 Å². The summed E-state index contributed by atoms with van der Waals surface area (Å²) in [5.74, 6) is -0.176. The number of carbonyl (C=O) groups excluding carboxylic acids is 2. The molecule has 0 aromatic heterocycles. The molecule has 1 aromatic carbocycles. The first-order chi connectivity index (χ1) is 11.7. The number of carbonyl (C=O) groups is 2. The Labute approximate surface area is 147 Å². The third-order valence-electron chi connectivity index (χ3n) is 3.83. The number of rotatable bonds is 3. The fourth-order valence-corrected chi connectivity index (χ4v) is 2.62. The highest BCUT2D eigenvalue weighted by Crippen LogP contribution is 2.29. The predicted octanol–water partition coefficient (Wildman–Crippen LogP) is 2.76. The number of para-hydroxylation sites is 1. The van der Waals surface area contributed by atoms with Crippen molar-refractivity contribution in [2.75, 3.05) is 25.5 Å². The molecule has 2 amide bonds. The Bertz CT molecular complexity index is 703. The van der Waals surface area contributed by atoms with Crippen molar-refractivity contribution in [2.24, 2.45) is 5.92 Å². The molecule has 1 heterocycles. The Hall–Kier alpha value is -2.75. The molecule has 1 atom stereocenters. The van der Waals surface area contributed by atoms with Gasteiger partial charge in [0.15, 0.2) is 0 Å². The summed E-state index contributed by atoms with van der Waals surface area (Å²) in [6.07, 6.45) is 0.125. The van der Waals surface area contributed by atoms with Crippen LogP contribution in [0.5, 0.6) is 5.75 Å². The zero-order valence-electron chi connectivity index (χ0n) is 15.0. The Balaban J connectivity index is 2.04. The summed E-state index contributed by atoms with van der Waals surface area (Å²) in [6, 6.07) is 7.02. The van der Waals surface area contributed by atoms with Gasteiger partial charge in [0.05, 0.1) is 18.6 Å². The lowest BCUT2D eigenvalue weighted by molar-refractivity contribution is -0.119. The van der Waals surface area contributed by atoms with Gasteiger partial charge in [-0.2, -0.15) is 5.26 Å². The molecule has 1 fully saturated rings. The monoisotopic (exact) mass is 345 g/mol. The van der Waals surface area contributed by atoms with Gasteiger partial charge in [-0.25, -0.2) is 4.79 Å². The number of methoxy groups -OCH3 is 1. The fourth-order valence-electron chi connectivity index (χ4n) is 2.62. The summed E-state index contributed by atoms with van der Waals surface area (Å²) in [4.78, 5) is 26.2. The molecule has 1 aromatic rings. The van der Waals surface area contributed by atoms with Crippen LogP contribution in [0.4, 0.5) is 10.5 Å². The van der Waals surface area contributed by atoms with Crippen molar-refractivity contribution in [1.29, 1.82) is 5.26 Å². The maximum absolute atomic E-state index is 12.5. The Kier molecular flexibility index (Phi) is 5.52. The number of benzene rings is 1. The van der Waals surface area contributed by atoms with Gasteiger partial charge in [-0.1, -0.05) is 6.07 Å². The maximum Gasteiger partial charge on any atom is 0.410 e. The van der Waals surface area contributed by atoms with Gasteiger partial charge in [0.2, 0.25) is 5.91 Å². The standard InChI is InChI=1S/C18H23N3O4/c1-18(2,3)25-17(23)21-9-8-13(11-21)16(22)20-15-12(10-19)6-5-7-14(15)24-4/h5-7,13H,8-9,11H2,1-4H3,(H,20,22). The number of nitrogens with one attached hydrogen (secondary N) is 1. The molecule has 1 N–H and O–H groups in total. The van der Waals surface area contributed by atoms with E-state index in [0.29, 0.717) is 30.0 Å². The summed E-state index contributed by atoms with van der Waals surface area (Å²) in [7, 11) is 1.48. The van der Waals surface area contributed by atoms with Crippen molar-refractivity contribution in [3.63, 3.8) is 0 Å². The SMILES string of the molecule is COc1cccc(C#N)c1NC(=O)C1CCN(C(=O)OC(C)(C)C)C1. The molecule has 1 aliphatic heterocycles. The van der Waals surface area contributed by atoms with Crippen LogP contribution in [0.15, 0.2) is 18.2 Å². The van der Waals surface area contributed by atoms with Crippen molar-refractivity contribution < 1.29 is 19.1 Å². The topological polar surface area (TPSA) is 91.7 Å². The normalized spacial score (nSPS) is 16.9. The molecule has 0 radical (unpaired) electrons. The number of anilines is 1. The van der Waals surface area contributed by atoms with Gasteiger partial charge < -0.3 is 19.7 Å². The minimum absolute atomic E-state index is 0.243. The second kappa shape index (κ2) is 7.43. The van der Waals surface area contributed by atoms with Crippen LogP contribution in [0.25, 0.3) is 0 Å². The van der Waals surface area contributed by atoms with Crippen LogP contribution >= 0.6 is 0 Å². The molecular weight excluding hydrogens is 322 g/mol. The van der Waals surface area contributed by atoms with E-state index in [9.17, 15) is 14.9 Å². The van der Waals surface area contributed by atoms with Gasteiger partial charge in [0.25, 0.3) is 0 Å². The lowest BCUT2D eigenvalue weighted by atomic mass is 10.1. The van der Waals surface area contributed by atoms with Gasteiger partial charge in [0.1, 0.15) is 23.1 Å². The summed E-state index contributed by atoms with van der Waals surface area (Å²) in [5, 5.41) is 12.0. The minimum atomic E-state index is -0.573. The lowest BCUT2D eigenvalue weighted by Gasteiger charge is -2.24. The number of amides is 2. The maximum atomic E-state index is 12.5. The molecule has 1 saturated heterocycles. The molecule has 0 spiro atoms. The number of hydrogen-bond donors (Lipinski definition) is 1. The molecule has 25 heavy (non-hydrogen) atoms. The summed E-state index contributed by atoms with van der Waals surface area (Å²) in [6.45, 7) is 6.16. The van der Waals surface area contributed by atoms with Crippen LogP contribution < -0.4 is 10.1 Å². The van der Waals surface area contributed by atoms with E-state index in [0.717, 1.165) is 0 Å². The Morgan fingerprint density at radius 1 is 1.36 bits per heavy atom. The number of nitriles is 1. The molecule has 1 aliphatic rings. The molecule has 0 aliphatic carbocycles. The molecule has 0 bridgehead atoms. The van der Waals surface area contributed by atoms with Crippen molar-refractivity contribution in [1.82, 2.24) is 4.90 Å². The Morgan fingerprint density at radius 3 is 2.68 bits per heavy atom. The van der Waals surface area contributed by atoms with E-state index < -0.39 is 11.7 Å². The van der Waals surface area contributed by atoms with Crippen LogP contribution in [0, 0.1) is 17.2 Å². The summed E-state index contributed by atoms with van der Waals surface area (Å²) in [5.41, 5.74) is 0.110. The van der Waals surface area contributed by atoms with Crippen LogP contribution in [-0.2, 0) is 9.53 Å². The highest BCUT2D eigenvalue weighted by molar-refractivity contribution is 5.96. The third kappa shape index (κ3) is 4.63. The van der Waals surface area contributed by atoms with Crippen molar-refractivity contribution in [2.45, 2.75) is 32.8 Å². The molecule has 1 unspecified atom stereocenters. The first-order valence-corrected chi connectivity index (χ1v) is 8.11. The zero-order valence-corrected chi connectivity index (χ0v) is 15.0. The Morgan fingerprint density at radius 2 is 2.08 bits per heavy atom. The van der Waals surface area contributed by atoms with E-state index in [-0.39, 0.29) is 18.4 Å². The first kappa shape index (κ1) is 18.6. The quantitative estimate of drug-likeness (QED) is 0.909. The van der Waals surface area contributed by atoms with Crippen molar-refractivity contribution in [3.05, 3.63) is 23.8 Å². The third-order valence-corrected chi connectivity index (χ3v) is 3.83. The average Bonchev–Trinajstić information content (AvgIpc) is 3.03. The number of hydrogen-bond acceptors (Lipinski definition) is 5. The zero-order chi connectivity index (χ0) is 18.6. The molecular formula is C18H23N3O4. The molecule has 134 valence electrons. The second-order valence-corrected chi connectivity index (χ2v) is 6.90. The minimum Gasteiger partial charge on any atom is -0.495 e. The molecule has 7 heteroatoms. The van der Waals surface area contributed by atoms with Gasteiger partial charge in [-0.3, -0.25) is 4.79 Å². The largest absolute Gasteiger partial charge is 0.495 e. The molecule has 7 nitrogen and oxygen atoms in total. The smallest absolute Gasteiger partial charge is 0.410 e. The van der Waals surface area contributed by atoms with E-state index in [1.165, 1.54) is 12.0 Å². The van der Waals surface area contributed by atoms with Crippen molar-refractivity contribution in [3.8, 4) is 11.8 Å². The molecule has 2 rings (SSSR count).